The van der Waals surface area contributed by atoms with Crippen molar-refractivity contribution in [2.75, 3.05) is 6.54 Å². The molecule has 1 N–H and O–H groups in total. The topological polar surface area (TPSA) is 35.8 Å². The van der Waals surface area contributed by atoms with Gasteiger partial charge in [-0.2, -0.15) is 0 Å². The molecule has 2 aliphatic heterocycles. The van der Waals surface area contributed by atoms with Gasteiger partial charge in [-0.3, -0.25) is 9.89 Å². The second-order valence-electron chi connectivity index (χ2n) is 6.17. The average Bonchev–Trinajstić information content (AvgIpc) is 2.49. The number of fused-ring (bicyclic) bond motifs is 1. The molecule has 3 nitrogen and oxygen atoms in total. The zero-order valence-electron chi connectivity index (χ0n) is 12.8. The van der Waals surface area contributed by atoms with Crippen LogP contribution < -0.4 is 0 Å². The lowest BCUT2D eigenvalue weighted by Gasteiger charge is -2.45. The van der Waals surface area contributed by atoms with Crippen molar-refractivity contribution in [3.8, 4) is 0 Å². The maximum absolute atomic E-state index is 10.3. The van der Waals surface area contributed by atoms with E-state index in [9.17, 15) is 5.11 Å². The van der Waals surface area contributed by atoms with Crippen LogP contribution in [-0.2, 0) is 0 Å². The standard InChI is InChI=1S/C16H30N2O/c1-4-14-9-7-6-8-13-10-11-15(19)18(5-2)16(13)12(3)17-14/h12-13,15-16,19H,4-11H2,1-3H3. The van der Waals surface area contributed by atoms with E-state index in [1.165, 1.54) is 37.8 Å². The van der Waals surface area contributed by atoms with E-state index in [2.05, 4.69) is 25.7 Å². The van der Waals surface area contributed by atoms with Crippen LogP contribution in [-0.4, -0.2) is 40.6 Å². The molecule has 3 heteroatoms. The largest absolute Gasteiger partial charge is 0.378 e. The second-order valence-corrected chi connectivity index (χ2v) is 6.17. The zero-order chi connectivity index (χ0) is 13.8. The molecule has 2 aliphatic rings. The molecule has 0 saturated carbocycles. The van der Waals surface area contributed by atoms with E-state index < -0.39 is 0 Å². The number of aliphatic hydroxyl groups excluding tert-OH is 1. The van der Waals surface area contributed by atoms with Gasteiger partial charge in [-0.25, -0.2) is 0 Å². The third-order valence-electron chi connectivity index (χ3n) is 4.99. The summed E-state index contributed by atoms with van der Waals surface area (Å²) in [6, 6.07) is 0.765. The Morgan fingerprint density at radius 2 is 2.00 bits per heavy atom. The molecule has 0 aromatic heterocycles. The summed E-state index contributed by atoms with van der Waals surface area (Å²) in [4.78, 5) is 7.29. The third-order valence-corrected chi connectivity index (χ3v) is 4.99. The van der Waals surface area contributed by atoms with Crippen LogP contribution in [0.1, 0.15) is 65.7 Å². The number of likely N-dealkylation sites (N-methyl/N-ethyl adjacent to an activating group) is 1. The Bertz CT molecular complexity index is 316. The van der Waals surface area contributed by atoms with Gasteiger partial charge < -0.3 is 5.11 Å². The van der Waals surface area contributed by atoms with E-state index in [1.807, 2.05) is 0 Å². The molecule has 1 fully saturated rings. The summed E-state index contributed by atoms with van der Waals surface area (Å²) in [5.74, 6) is 0.721. The maximum Gasteiger partial charge on any atom is 0.107 e. The first-order valence-electron chi connectivity index (χ1n) is 8.16. The molecule has 0 aromatic rings. The van der Waals surface area contributed by atoms with Crippen LogP contribution in [0.2, 0.25) is 0 Å². The summed E-state index contributed by atoms with van der Waals surface area (Å²) in [5, 5.41) is 10.3. The van der Waals surface area contributed by atoms with Crippen molar-refractivity contribution in [2.24, 2.45) is 10.9 Å². The first kappa shape index (κ1) is 15.0. The summed E-state index contributed by atoms with van der Waals surface area (Å²) in [6.07, 6.45) is 8.03. The van der Waals surface area contributed by atoms with Crippen molar-refractivity contribution in [3.05, 3.63) is 0 Å². The number of hydrogen-bond donors (Lipinski definition) is 1. The molecule has 0 aromatic carbocycles. The first-order chi connectivity index (χ1) is 9.17. The van der Waals surface area contributed by atoms with Crippen molar-refractivity contribution >= 4 is 5.71 Å². The molecule has 0 aliphatic carbocycles. The first-order valence-corrected chi connectivity index (χ1v) is 8.16. The van der Waals surface area contributed by atoms with E-state index in [0.29, 0.717) is 12.1 Å². The van der Waals surface area contributed by atoms with E-state index in [1.54, 1.807) is 0 Å². The highest BCUT2D eigenvalue weighted by Gasteiger charge is 2.38. The Morgan fingerprint density at radius 3 is 2.68 bits per heavy atom. The van der Waals surface area contributed by atoms with Crippen molar-refractivity contribution in [1.29, 1.82) is 0 Å². The normalized spacial score (nSPS) is 37.8. The highest BCUT2D eigenvalue weighted by atomic mass is 16.3. The lowest BCUT2D eigenvalue weighted by molar-refractivity contribution is -0.0821. The van der Waals surface area contributed by atoms with Crippen molar-refractivity contribution in [1.82, 2.24) is 4.90 Å². The lowest BCUT2D eigenvalue weighted by Crippen LogP contribution is -2.55. The van der Waals surface area contributed by atoms with Gasteiger partial charge in [0.1, 0.15) is 6.23 Å². The van der Waals surface area contributed by atoms with Gasteiger partial charge in [0.05, 0.1) is 6.04 Å². The van der Waals surface area contributed by atoms with Crippen molar-refractivity contribution in [3.63, 3.8) is 0 Å². The van der Waals surface area contributed by atoms with Gasteiger partial charge in [0.25, 0.3) is 0 Å². The monoisotopic (exact) mass is 266 g/mol. The Balaban J connectivity index is 2.23. The van der Waals surface area contributed by atoms with E-state index in [4.69, 9.17) is 4.99 Å². The molecule has 0 radical (unpaired) electrons. The highest BCUT2D eigenvalue weighted by molar-refractivity contribution is 5.84. The predicted molar refractivity (Wildman–Crippen MR) is 80.6 cm³/mol. The minimum atomic E-state index is -0.255. The summed E-state index contributed by atoms with van der Waals surface area (Å²) < 4.78 is 0. The molecule has 0 bridgehead atoms. The van der Waals surface area contributed by atoms with Crippen LogP contribution in [0.25, 0.3) is 0 Å². The molecule has 2 rings (SSSR count). The zero-order valence-corrected chi connectivity index (χ0v) is 12.8. The third kappa shape index (κ3) is 3.38. The maximum atomic E-state index is 10.3. The fraction of sp³-hybridized carbons (Fsp3) is 0.938. The summed E-state index contributed by atoms with van der Waals surface area (Å²) >= 11 is 0. The van der Waals surface area contributed by atoms with Gasteiger partial charge in [0, 0.05) is 11.8 Å². The minimum absolute atomic E-state index is 0.255. The summed E-state index contributed by atoms with van der Waals surface area (Å²) in [5.41, 5.74) is 1.38. The van der Waals surface area contributed by atoms with Crippen LogP contribution in [0.5, 0.6) is 0 Å². The van der Waals surface area contributed by atoms with Crippen LogP contribution in [0, 0.1) is 5.92 Å². The molecular formula is C16H30N2O. The van der Waals surface area contributed by atoms with Crippen molar-refractivity contribution in [2.45, 2.75) is 84.0 Å². The van der Waals surface area contributed by atoms with E-state index in [-0.39, 0.29) is 6.23 Å². The highest BCUT2D eigenvalue weighted by Crippen LogP contribution is 2.34. The molecular weight excluding hydrogens is 236 g/mol. The van der Waals surface area contributed by atoms with E-state index in [0.717, 1.165) is 25.3 Å². The number of piperidine rings is 1. The Hall–Kier alpha value is -0.410. The number of hydrogen-bond acceptors (Lipinski definition) is 3. The molecule has 0 spiro atoms. The molecule has 2 heterocycles. The van der Waals surface area contributed by atoms with Crippen LogP contribution >= 0.6 is 0 Å². The molecule has 4 atom stereocenters. The lowest BCUT2D eigenvalue weighted by atomic mass is 9.81. The van der Waals surface area contributed by atoms with Gasteiger partial charge in [-0.05, 0) is 57.9 Å². The van der Waals surface area contributed by atoms with Gasteiger partial charge in [-0.15, -0.1) is 0 Å². The fourth-order valence-electron chi connectivity index (χ4n) is 4.01. The minimum Gasteiger partial charge on any atom is -0.378 e. The molecule has 19 heavy (non-hydrogen) atoms. The average molecular weight is 266 g/mol. The Morgan fingerprint density at radius 1 is 1.21 bits per heavy atom. The molecule has 110 valence electrons. The summed E-state index contributed by atoms with van der Waals surface area (Å²) in [7, 11) is 0. The summed E-state index contributed by atoms with van der Waals surface area (Å²) in [6.45, 7) is 7.56. The molecule has 4 unspecified atom stereocenters. The second kappa shape index (κ2) is 6.85. The smallest absolute Gasteiger partial charge is 0.107 e. The van der Waals surface area contributed by atoms with Gasteiger partial charge in [0.2, 0.25) is 0 Å². The SMILES string of the molecule is CCC1=NC(C)C2C(CCCC1)CCC(O)N2CC. The van der Waals surface area contributed by atoms with Crippen LogP contribution in [0.3, 0.4) is 0 Å². The number of aliphatic hydroxyl groups is 1. The van der Waals surface area contributed by atoms with Gasteiger partial charge >= 0.3 is 0 Å². The van der Waals surface area contributed by atoms with Gasteiger partial charge in [-0.1, -0.05) is 20.3 Å². The Kier molecular flexibility index (Phi) is 5.40. The molecule has 0 amide bonds. The predicted octanol–water partition coefficient (Wildman–Crippen LogP) is 3.22. The number of nitrogens with zero attached hydrogens (tertiary/aromatic N) is 2. The molecule has 1 saturated heterocycles. The van der Waals surface area contributed by atoms with Gasteiger partial charge in [0.15, 0.2) is 0 Å². The van der Waals surface area contributed by atoms with Crippen LogP contribution in [0.15, 0.2) is 4.99 Å². The fourth-order valence-corrected chi connectivity index (χ4v) is 4.01. The Labute approximate surface area is 118 Å². The van der Waals surface area contributed by atoms with Crippen molar-refractivity contribution < 1.29 is 5.11 Å². The van der Waals surface area contributed by atoms with Crippen LogP contribution in [0.4, 0.5) is 0 Å². The van der Waals surface area contributed by atoms with E-state index >= 15 is 0 Å². The number of rotatable bonds is 2. The quantitative estimate of drug-likeness (QED) is 0.833. The number of aliphatic imine (C=N–C) groups is 1. The number of likely N-dealkylation sites (tertiary alicyclic amines) is 1.